The average Bonchev–Trinajstić information content (AvgIpc) is 2.90. The SMILES string of the molecule is CC(C)(OP(O)O)[C@H]1CCCc2sc(-c3ccccc3)nc21. The summed E-state index contributed by atoms with van der Waals surface area (Å²) in [6.07, 6.45) is 3.08. The minimum atomic E-state index is -2.36. The van der Waals surface area contributed by atoms with Crippen molar-refractivity contribution in [2.75, 3.05) is 0 Å². The standard InChI is InChI=1S/C16H20NO3PS/c1-16(2,20-21(18)19)12-9-6-10-13-14(12)17-15(22-13)11-7-4-3-5-8-11/h3-5,7-8,12,18-19H,6,9-10H2,1-2H3/t12-/m0/s1. The molecule has 4 nitrogen and oxygen atoms in total. The van der Waals surface area contributed by atoms with E-state index in [0.29, 0.717) is 0 Å². The van der Waals surface area contributed by atoms with Crippen molar-refractivity contribution in [2.45, 2.75) is 44.6 Å². The molecular formula is C16H20NO3PS. The van der Waals surface area contributed by atoms with Crippen LogP contribution in [0.25, 0.3) is 10.6 Å². The van der Waals surface area contributed by atoms with Crippen LogP contribution in [0, 0.1) is 0 Å². The lowest BCUT2D eigenvalue weighted by molar-refractivity contribution is 0.0552. The predicted octanol–water partition coefficient (Wildman–Crippen LogP) is 4.24. The fraction of sp³-hybridized carbons (Fsp3) is 0.438. The summed E-state index contributed by atoms with van der Waals surface area (Å²) in [5.74, 6) is 0.0919. The number of fused-ring (bicyclic) bond motifs is 1. The highest BCUT2D eigenvalue weighted by atomic mass is 32.1. The zero-order chi connectivity index (χ0) is 15.7. The molecule has 0 saturated carbocycles. The van der Waals surface area contributed by atoms with Gasteiger partial charge in [0, 0.05) is 16.4 Å². The van der Waals surface area contributed by atoms with E-state index in [9.17, 15) is 9.79 Å². The molecule has 0 aliphatic heterocycles. The first-order chi connectivity index (χ1) is 10.5. The van der Waals surface area contributed by atoms with Gasteiger partial charge in [-0.25, -0.2) is 4.98 Å². The predicted molar refractivity (Wildman–Crippen MR) is 89.8 cm³/mol. The van der Waals surface area contributed by atoms with E-state index in [4.69, 9.17) is 9.51 Å². The van der Waals surface area contributed by atoms with E-state index in [0.717, 1.165) is 35.5 Å². The quantitative estimate of drug-likeness (QED) is 0.819. The van der Waals surface area contributed by atoms with Crippen molar-refractivity contribution in [3.8, 4) is 10.6 Å². The first-order valence-corrected chi connectivity index (χ1v) is 9.37. The third-order valence-electron chi connectivity index (χ3n) is 4.13. The van der Waals surface area contributed by atoms with Gasteiger partial charge in [-0.15, -0.1) is 11.3 Å². The van der Waals surface area contributed by atoms with Crippen LogP contribution in [0.4, 0.5) is 0 Å². The van der Waals surface area contributed by atoms with Crippen molar-refractivity contribution in [1.82, 2.24) is 4.98 Å². The average molecular weight is 337 g/mol. The molecule has 0 spiro atoms. The number of aryl methyl sites for hydroxylation is 1. The molecule has 0 unspecified atom stereocenters. The van der Waals surface area contributed by atoms with E-state index in [2.05, 4.69) is 12.1 Å². The molecule has 118 valence electrons. The van der Waals surface area contributed by atoms with Crippen molar-refractivity contribution >= 4 is 19.9 Å². The number of nitrogens with zero attached hydrogens (tertiary/aromatic N) is 1. The molecule has 1 aromatic heterocycles. The lowest BCUT2D eigenvalue weighted by Gasteiger charge is -2.35. The summed E-state index contributed by atoms with van der Waals surface area (Å²) in [6.45, 7) is 3.83. The van der Waals surface area contributed by atoms with Gasteiger partial charge in [0.05, 0.1) is 11.3 Å². The number of rotatable bonds is 4. The number of aromatic nitrogens is 1. The normalized spacial score (nSPS) is 18.5. The Morgan fingerprint density at radius 1 is 1.27 bits per heavy atom. The Hall–Kier alpha value is -0.840. The van der Waals surface area contributed by atoms with Crippen molar-refractivity contribution in [1.29, 1.82) is 0 Å². The van der Waals surface area contributed by atoms with Crippen LogP contribution in [-0.2, 0) is 10.9 Å². The van der Waals surface area contributed by atoms with Gasteiger partial charge < -0.3 is 14.3 Å². The molecule has 0 bridgehead atoms. The summed E-state index contributed by atoms with van der Waals surface area (Å²) in [4.78, 5) is 24.6. The van der Waals surface area contributed by atoms with Gasteiger partial charge in [-0.2, -0.15) is 0 Å². The van der Waals surface area contributed by atoms with Crippen LogP contribution in [-0.4, -0.2) is 20.4 Å². The Labute approximate surface area is 135 Å². The van der Waals surface area contributed by atoms with E-state index < -0.39 is 14.2 Å². The fourth-order valence-corrected chi connectivity index (χ4v) is 4.79. The van der Waals surface area contributed by atoms with E-state index in [1.54, 1.807) is 11.3 Å². The minimum absolute atomic E-state index is 0.0919. The van der Waals surface area contributed by atoms with Crippen molar-refractivity contribution in [3.63, 3.8) is 0 Å². The van der Waals surface area contributed by atoms with Gasteiger partial charge in [-0.05, 0) is 33.1 Å². The zero-order valence-corrected chi connectivity index (χ0v) is 14.4. The van der Waals surface area contributed by atoms with Crippen molar-refractivity contribution in [3.05, 3.63) is 40.9 Å². The van der Waals surface area contributed by atoms with Crippen LogP contribution in [0.2, 0.25) is 0 Å². The fourth-order valence-electron chi connectivity index (χ4n) is 3.07. The van der Waals surface area contributed by atoms with Gasteiger partial charge in [-0.1, -0.05) is 30.3 Å². The number of hydrogen-bond acceptors (Lipinski definition) is 5. The van der Waals surface area contributed by atoms with Gasteiger partial charge in [-0.3, -0.25) is 0 Å². The second-order valence-electron chi connectivity index (χ2n) is 6.09. The Kier molecular flexibility index (Phi) is 4.62. The maximum absolute atomic E-state index is 9.23. The third-order valence-corrected chi connectivity index (χ3v) is 5.94. The molecule has 1 aliphatic rings. The molecule has 1 atom stereocenters. The summed E-state index contributed by atoms with van der Waals surface area (Å²) >= 11 is 1.74. The van der Waals surface area contributed by atoms with Crippen LogP contribution in [0.15, 0.2) is 30.3 Å². The summed E-state index contributed by atoms with van der Waals surface area (Å²) in [7, 11) is -2.36. The summed E-state index contributed by atoms with van der Waals surface area (Å²) in [5, 5.41) is 1.03. The highest BCUT2D eigenvalue weighted by Gasteiger charge is 2.39. The molecule has 0 amide bonds. The molecule has 1 heterocycles. The first-order valence-electron chi connectivity index (χ1n) is 7.39. The Balaban J connectivity index is 1.95. The summed E-state index contributed by atoms with van der Waals surface area (Å²) in [6, 6.07) is 10.2. The van der Waals surface area contributed by atoms with E-state index >= 15 is 0 Å². The van der Waals surface area contributed by atoms with Gasteiger partial charge >= 0.3 is 8.60 Å². The second-order valence-corrected chi connectivity index (χ2v) is 7.86. The lowest BCUT2D eigenvalue weighted by atomic mass is 9.80. The number of benzene rings is 1. The van der Waals surface area contributed by atoms with Crippen molar-refractivity contribution < 1.29 is 14.3 Å². The largest absolute Gasteiger partial charge is 0.328 e. The maximum atomic E-state index is 9.23. The highest BCUT2D eigenvalue weighted by Crippen LogP contribution is 2.47. The smallest absolute Gasteiger partial charge is 0.327 e. The van der Waals surface area contributed by atoms with Crippen LogP contribution in [0.3, 0.4) is 0 Å². The van der Waals surface area contributed by atoms with E-state index in [1.165, 1.54) is 4.88 Å². The molecule has 1 aliphatic carbocycles. The molecule has 22 heavy (non-hydrogen) atoms. The van der Waals surface area contributed by atoms with Crippen LogP contribution >= 0.6 is 19.9 Å². The summed E-state index contributed by atoms with van der Waals surface area (Å²) in [5.41, 5.74) is 1.56. The lowest BCUT2D eigenvalue weighted by Crippen LogP contribution is -2.33. The van der Waals surface area contributed by atoms with Gasteiger partial charge in [0.15, 0.2) is 0 Å². The first kappa shape index (κ1) is 16.0. The summed E-state index contributed by atoms with van der Waals surface area (Å²) < 4.78 is 5.39. The van der Waals surface area contributed by atoms with E-state index in [1.807, 2.05) is 32.0 Å². The monoisotopic (exact) mass is 337 g/mol. The Morgan fingerprint density at radius 3 is 2.68 bits per heavy atom. The molecular weight excluding hydrogens is 317 g/mol. The molecule has 1 aromatic carbocycles. The maximum Gasteiger partial charge on any atom is 0.327 e. The van der Waals surface area contributed by atoms with Crippen LogP contribution in [0.1, 0.15) is 43.2 Å². The van der Waals surface area contributed by atoms with Crippen LogP contribution in [0.5, 0.6) is 0 Å². The third kappa shape index (κ3) is 3.24. The van der Waals surface area contributed by atoms with Crippen LogP contribution < -0.4 is 0 Å². The van der Waals surface area contributed by atoms with Gasteiger partial charge in [0.1, 0.15) is 5.01 Å². The Morgan fingerprint density at radius 2 is 2.00 bits per heavy atom. The molecule has 6 heteroatoms. The molecule has 2 N–H and O–H groups in total. The van der Waals surface area contributed by atoms with E-state index in [-0.39, 0.29) is 5.92 Å². The van der Waals surface area contributed by atoms with Gasteiger partial charge in [0.25, 0.3) is 0 Å². The van der Waals surface area contributed by atoms with Gasteiger partial charge in [0.2, 0.25) is 0 Å². The molecule has 0 radical (unpaired) electrons. The van der Waals surface area contributed by atoms with Crippen molar-refractivity contribution in [2.24, 2.45) is 0 Å². The number of hydrogen-bond donors (Lipinski definition) is 2. The zero-order valence-electron chi connectivity index (χ0n) is 12.7. The molecule has 3 rings (SSSR count). The highest BCUT2D eigenvalue weighted by molar-refractivity contribution is 7.39. The topological polar surface area (TPSA) is 62.6 Å². The number of thiazole rings is 1. The molecule has 0 saturated heterocycles. The molecule has 2 aromatic rings. The Bertz CT molecular complexity index is 642. The minimum Gasteiger partial charge on any atom is -0.328 e. The molecule has 0 fully saturated rings. The second kappa shape index (κ2) is 6.34.